The first kappa shape index (κ1) is 17.6. The van der Waals surface area contributed by atoms with Gasteiger partial charge in [0.05, 0.1) is 11.0 Å². The second-order valence-electron chi connectivity index (χ2n) is 7.06. The first-order valence-electron chi connectivity index (χ1n) is 7.03. The van der Waals surface area contributed by atoms with Crippen molar-refractivity contribution in [3.05, 3.63) is 12.2 Å². The van der Waals surface area contributed by atoms with Crippen LogP contribution in [0.4, 0.5) is 0 Å². The van der Waals surface area contributed by atoms with E-state index in [0.717, 1.165) is 0 Å². The second kappa shape index (κ2) is 5.41. The molecule has 7 heteroatoms. The van der Waals surface area contributed by atoms with Gasteiger partial charge in [0.2, 0.25) is 3.79 Å². The summed E-state index contributed by atoms with van der Waals surface area (Å²) in [5.74, 6) is -0.340. The van der Waals surface area contributed by atoms with Crippen LogP contribution in [0.2, 0.25) is 19.6 Å². The summed E-state index contributed by atoms with van der Waals surface area (Å²) >= 11 is 17.9. The summed E-state index contributed by atoms with van der Waals surface area (Å²) in [6.45, 7) is 8.20. The zero-order valence-corrected chi connectivity index (χ0v) is 16.0. The maximum atomic E-state index is 12.6. The number of cyclic esters (lactones) is 1. The number of rotatable bonds is 2. The topological polar surface area (TPSA) is 35.5 Å². The number of halogens is 3. The van der Waals surface area contributed by atoms with Crippen LogP contribution in [0.1, 0.15) is 26.2 Å². The lowest BCUT2D eigenvalue weighted by Crippen LogP contribution is -2.64. The van der Waals surface area contributed by atoms with Crippen LogP contribution in [0, 0.1) is 5.41 Å². The smallest absolute Gasteiger partial charge is 0.315 e. The summed E-state index contributed by atoms with van der Waals surface area (Å²) in [4.78, 5) is 12.6. The highest BCUT2D eigenvalue weighted by molar-refractivity contribution is 6.70. The van der Waals surface area contributed by atoms with E-state index in [1.165, 1.54) is 0 Å². The standard InChI is InChI=1S/C14H21Cl3O3Si/c1-12-7-5-6-8-13(12,20-21(2,3)4)9-10(14(15,16)17)19-11(12)18/h5-6,10H,7-9H2,1-4H3/t10-,12+,13-/m1/s1. The van der Waals surface area contributed by atoms with Crippen molar-refractivity contribution in [2.45, 2.75) is 61.3 Å². The molecule has 1 saturated heterocycles. The van der Waals surface area contributed by atoms with Gasteiger partial charge in [-0.25, -0.2) is 0 Å². The molecule has 3 nitrogen and oxygen atoms in total. The second-order valence-corrected chi connectivity index (χ2v) is 13.9. The maximum Gasteiger partial charge on any atom is 0.315 e. The lowest BCUT2D eigenvalue weighted by atomic mass is 9.63. The molecule has 1 fully saturated rings. The molecule has 0 bridgehead atoms. The summed E-state index contributed by atoms with van der Waals surface area (Å²) in [7, 11) is -1.90. The molecular weight excluding hydrogens is 351 g/mol. The highest BCUT2D eigenvalue weighted by atomic mass is 35.6. The van der Waals surface area contributed by atoms with E-state index in [2.05, 4.69) is 25.7 Å². The third-order valence-corrected chi connectivity index (χ3v) is 5.96. The van der Waals surface area contributed by atoms with Crippen molar-refractivity contribution < 1.29 is 14.0 Å². The van der Waals surface area contributed by atoms with E-state index in [4.69, 9.17) is 44.0 Å². The van der Waals surface area contributed by atoms with E-state index in [9.17, 15) is 4.79 Å². The number of ether oxygens (including phenoxy) is 1. The average molecular weight is 372 g/mol. The first-order valence-corrected chi connectivity index (χ1v) is 11.6. The molecule has 1 aliphatic heterocycles. The normalized spacial score (nSPS) is 37.1. The Hall–Kier alpha value is 0.257. The van der Waals surface area contributed by atoms with Crippen molar-refractivity contribution in [1.29, 1.82) is 0 Å². The van der Waals surface area contributed by atoms with Gasteiger partial charge in [0.1, 0.15) is 0 Å². The predicted molar refractivity (Wildman–Crippen MR) is 88.4 cm³/mol. The minimum Gasteiger partial charge on any atom is -0.457 e. The molecule has 1 aliphatic carbocycles. The Morgan fingerprint density at radius 1 is 1.29 bits per heavy atom. The van der Waals surface area contributed by atoms with Crippen molar-refractivity contribution in [2.75, 3.05) is 0 Å². The van der Waals surface area contributed by atoms with E-state index >= 15 is 0 Å². The summed E-state index contributed by atoms with van der Waals surface area (Å²) < 4.78 is 10.3. The van der Waals surface area contributed by atoms with Crippen LogP contribution in [0.15, 0.2) is 12.2 Å². The van der Waals surface area contributed by atoms with Gasteiger partial charge in [-0.3, -0.25) is 4.79 Å². The molecule has 0 amide bonds. The molecule has 0 unspecified atom stereocenters. The molecule has 0 saturated carbocycles. The number of allylic oxidation sites excluding steroid dienone is 1. The van der Waals surface area contributed by atoms with E-state index in [1.807, 2.05) is 13.0 Å². The fraction of sp³-hybridized carbons (Fsp3) is 0.786. The molecule has 21 heavy (non-hydrogen) atoms. The molecule has 0 radical (unpaired) electrons. The van der Waals surface area contributed by atoms with Gasteiger partial charge in [-0.15, -0.1) is 0 Å². The molecule has 0 N–H and O–H groups in total. The molecule has 0 aromatic carbocycles. The van der Waals surface area contributed by atoms with Crippen LogP contribution in [-0.4, -0.2) is 29.8 Å². The predicted octanol–water partition coefficient (Wildman–Crippen LogP) is 4.62. The Morgan fingerprint density at radius 2 is 1.86 bits per heavy atom. The number of carbonyl (C=O) groups excluding carboxylic acids is 1. The van der Waals surface area contributed by atoms with Crippen molar-refractivity contribution >= 4 is 49.1 Å². The van der Waals surface area contributed by atoms with Gasteiger partial charge in [-0.05, 0) is 39.4 Å². The van der Waals surface area contributed by atoms with Crippen LogP contribution in [-0.2, 0) is 14.0 Å². The van der Waals surface area contributed by atoms with Crippen molar-refractivity contribution in [3.63, 3.8) is 0 Å². The average Bonchev–Trinajstić information content (AvgIpc) is 2.27. The third kappa shape index (κ3) is 3.30. The molecule has 120 valence electrons. The lowest BCUT2D eigenvalue weighted by molar-refractivity contribution is -0.201. The number of fused-ring (bicyclic) bond motifs is 1. The molecule has 2 rings (SSSR count). The molecule has 0 aromatic rings. The summed E-state index contributed by atoms with van der Waals surface area (Å²) in [5, 5.41) is 0. The largest absolute Gasteiger partial charge is 0.457 e. The maximum absolute atomic E-state index is 12.6. The fourth-order valence-corrected chi connectivity index (χ4v) is 5.08. The van der Waals surface area contributed by atoms with Gasteiger partial charge >= 0.3 is 5.97 Å². The van der Waals surface area contributed by atoms with Crippen LogP contribution >= 0.6 is 34.8 Å². The Morgan fingerprint density at radius 3 is 2.38 bits per heavy atom. The van der Waals surface area contributed by atoms with E-state index < -0.39 is 29.2 Å². The molecule has 3 atom stereocenters. The summed E-state index contributed by atoms with van der Waals surface area (Å²) in [5.41, 5.74) is -1.38. The Kier molecular flexibility index (Phi) is 4.54. The van der Waals surface area contributed by atoms with E-state index in [1.54, 1.807) is 0 Å². The molecule has 1 heterocycles. The van der Waals surface area contributed by atoms with Gasteiger partial charge in [-0.1, -0.05) is 47.0 Å². The minimum absolute atomic E-state index is 0.340. The zero-order valence-electron chi connectivity index (χ0n) is 12.7. The molecule has 0 aromatic heterocycles. The van der Waals surface area contributed by atoms with Crippen LogP contribution < -0.4 is 0 Å². The van der Waals surface area contributed by atoms with Gasteiger partial charge in [0, 0.05) is 6.42 Å². The monoisotopic (exact) mass is 370 g/mol. The number of carbonyl (C=O) groups is 1. The first-order chi connectivity index (χ1) is 9.40. The molecule has 0 spiro atoms. The van der Waals surface area contributed by atoms with Gasteiger partial charge in [-0.2, -0.15) is 0 Å². The summed E-state index contributed by atoms with van der Waals surface area (Å²) in [6, 6.07) is 0. The Labute approximate surface area is 142 Å². The third-order valence-electron chi connectivity index (χ3n) is 4.23. The lowest BCUT2D eigenvalue weighted by Gasteiger charge is -2.55. The molecule has 2 aliphatic rings. The van der Waals surface area contributed by atoms with Crippen molar-refractivity contribution in [2.24, 2.45) is 5.41 Å². The quantitative estimate of drug-likeness (QED) is 0.307. The fourth-order valence-electron chi connectivity index (χ4n) is 3.15. The molecular formula is C14H21Cl3O3Si. The number of hydrogen-bond acceptors (Lipinski definition) is 3. The van der Waals surface area contributed by atoms with Crippen LogP contribution in [0.25, 0.3) is 0 Å². The number of hydrogen-bond donors (Lipinski definition) is 0. The number of esters is 1. The Balaban J connectivity index is 2.46. The van der Waals surface area contributed by atoms with Crippen molar-refractivity contribution in [3.8, 4) is 0 Å². The van der Waals surface area contributed by atoms with Gasteiger partial charge < -0.3 is 9.16 Å². The van der Waals surface area contributed by atoms with Crippen LogP contribution in [0.5, 0.6) is 0 Å². The summed E-state index contributed by atoms with van der Waals surface area (Å²) in [6.07, 6.45) is 4.90. The SMILES string of the molecule is C[C@@]12CC=CC[C@@]1(O[Si](C)(C)C)C[C@H](C(Cl)(Cl)Cl)OC2=O. The van der Waals surface area contributed by atoms with Gasteiger partial charge in [0.25, 0.3) is 0 Å². The van der Waals surface area contributed by atoms with E-state index in [-0.39, 0.29) is 5.97 Å². The van der Waals surface area contributed by atoms with Crippen LogP contribution in [0.3, 0.4) is 0 Å². The highest BCUT2D eigenvalue weighted by Crippen LogP contribution is 2.54. The van der Waals surface area contributed by atoms with Crippen molar-refractivity contribution in [1.82, 2.24) is 0 Å². The Bertz CT molecular complexity index is 469. The zero-order chi connectivity index (χ0) is 16.1. The highest BCUT2D eigenvalue weighted by Gasteiger charge is 2.63. The number of alkyl halides is 3. The van der Waals surface area contributed by atoms with E-state index in [0.29, 0.717) is 19.3 Å². The van der Waals surface area contributed by atoms with Gasteiger partial charge in [0.15, 0.2) is 14.4 Å². The minimum atomic E-state index is -1.90.